The van der Waals surface area contributed by atoms with Gasteiger partial charge in [0.1, 0.15) is 0 Å². The molecule has 0 saturated carbocycles. The van der Waals surface area contributed by atoms with Crippen LogP contribution in [-0.2, 0) is 9.47 Å². The van der Waals surface area contributed by atoms with Crippen LogP contribution in [0.15, 0.2) is 0 Å². The lowest BCUT2D eigenvalue weighted by atomic mass is 10.5. The van der Waals surface area contributed by atoms with Crippen LogP contribution in [0, 0.1) is 0 Å². The van der Waals surface area contributed by atoms with Gasteiger partial charge in [-0.05, 0) is 12.8 Å². The van der Waals surface area contributed by atoms with Crippen molar-refractivity contribution in [2.75, 3.05) is 13.2 Å². The topological polar surface area (TPSA) is 44.5 Å². The summed E-state index contributed by atoms with van der Waals surface area (Å²) in [5.74, 6) is 0. The van der Waals surface area contributed by atoms with Crippen molar-refractivity contribution in [3.63, 3.8) is 0 Å². The maximum absolute atomic E-state index is 5.40. The third-order valence-electron chi connectivity index (χ3n) is 0.972. The van der Waals surface area contributed by atoms with E-state index in [-0.39, 0.29) is 0 Å². The molecule has 10 heavy (non-hydrogen) atoms. The summed E-state index contributed by atoms with van der Waals surface area (Å²) in [6, 6.07) is 0. The van der Waals surface area contributed by atoms with Gasteiger partial charge in [0, 0.05) is 0 Å². The van der Waals surface area contributed by atoms with E-state index >= 15 is 0 Å². The summed E-state index contributed by atoms with van der Waals surface area (Å²) in [5, 5.41) is 0. The fourth-order valence-electron chi connectivity index (χ4n) is 0.516. The largest absolute Gasteiger partial charge is 0.340 e. The number of hydrogen-bond acceptors (Lipinski definition) is 3. The lowest BCUT2D eigenvalue weighted by Gasteiger charge is -2.11. The Hall–Kier alpha value is -0.120. The van der Waals surface area contributed by atoms with Gasteiger partial charge in [-0.25, -0.2) is 0 Å². The van der Waals surface area contributed by atoms with Gasteiger partial charge in [0.2, 0.25) is 6.41 Å². The maximum Gasteiger partial charge on any atom is 0.213 e. The summed E-state index contributed by atoms with van der Waals surface area (Å²) in [7, 11) is 0. The molecule has 0 amide bonds. The molecule has 0 aliphatic rings. The molecule has 0 aromatic rings. The zero-order chi connectivity index (χ0) is 7.82. The van der Waals surface area contributed by atoms with Crippen molar-refractivity contribution >= 4 is 0 Å². The Balaban J connectivity index is 3.00. The first kappa shape index (κ1) is 9.88. The number of hydrogen-bond donors (Lipinski definition) is 1. The van der Waals surface area contributed by atoms with Crippen LogP contribution >= 0.6 is 0 Å². The highest BCUT2D eigenvalue weighted by atomic mass is 16.7. The molecule has 0 aromatic heterocycles. The minimum atomic E-state index is -0.528. The summed E-state index contributed by atoms with van der Waals surface area (Å²) >= 11 is 0. The smallest absolute Gasteiger partial charge is 0.213 e. The van der Waals surface area contributed by atoms with Gasteiger partial charge in [-0.2, -0.15) is 0 Å². The SMILES string of the molecule is CCCOC(N)OCCC. The van der Waals surface area contributed by atoms with Crippen LogP contribution in [0.25, 0.3) is 0 Å². The second kappa shape index (κ2) is 6.99. The first-order valence-corrected chi connectivity index (χ1v) is 3.80. The molecule has 62 valence electrons. The molecule has 0 aliphatic carbocycles. The van der Waals surface area contributed by atoms with Gasteiger partial charge in [0.15, 0.2) is 0 Å². The second-order valence-electron chi connectivity index (χ2n) is 2.11. The van der Waals surface area contributed by atoms with Crippen LogP contribution in [-0.4, -0.2) is 19.6 Å². The van der Waals surface area contributed by atoms with Gasteiger partial charge < -0.3 is 9.47 Å². The van der Waals surface area contributed by atoms with Crippen LogP contribution in [0.5, 0.6) is 0 Å². The molecule has 0 saturated heterocycles. The fraction of sp³-hybridized carbons (Fsp3) is 1.00. The molecule has 0 heterocycles. The highest BCUT2D eigenvalue weighted by Crippen LogP contribution is 1.89. The van der Waals surface area contributed by atoms with E-state index in [1.54, 1.807) is 0 Å². The van der Waals surface area contributed by atoms with E-state index in [9.17, 15) is 0 Å². The summed E-state index contributed by atoms with van der Waals surface area (Å²) in [6.45, 7) is 5.41. The third-order valence-corrected chi connectivity index (χ3v) is 0.972. The molecule has 0 aromatic carbocycles. The Morgan fingerprint density at radius 1 is 1.10 bits per heavy atom. The standard InChI is InChI=1S/C7H17NO2/c1-3-5-9-7(8)10-6-4-2/h7H,3-6,8H2,1-2H3. The predicted molar refractivity (Wildman–Crippen MR) is 40.5 cm³/mol. The first-order valence-electron chi connectivity index (χ1n) is 3.80. The highest BCUT2D eigenvalue weighted by Gasteiger charge is 1.98. The summed E-state index contributed by atoms with van der Waals surface area (Å²) < 4.78 is 10.1. The monoisotopic (exact) mass is 147 g/mol. The Kier molecular flexibility index (Phi) is 6.91. The van der Waals surface area contributed by atoms with Gasteiger partial charge in [0.05, 0.1) is 13.2 Å². The molecular weight excluding hydrogens is 130 g/mol. The lowest BCUT2D eigenvalue weighted by molar-refractivity contribution is -0.137. The molecule has 0 bridgehead atoms. The molecule has 0 rings (SSSR count). The number of rotatable bonds is 6. The van der Waals surface area contributed by atoms with Crippen LogP contribution < -0.4 is 5.73 Å². The highest BCUT2D eigenvalue weighted by molar-refractivity contribution is 4.30. The van der Waals surface area contributed by atoms with E-state index in [1.807, 2.05) is 13.8 Å². The molecule has 0 unspecified atom stereocenters. The Morgan fingerprint density at radius 2 is 1.50 bits per heavy atom. The molecule has 3 nitrogen and oxygen atoms in total. The Morgan fingerprint density at radius 3 is 1.80 bits per heavy atom. The van der Waals surface area contributed by atoms with Gasteiger partial charge >= 0.3 is 0 Å². The van der Waals surface area contributed by atoms with E-state index in [1.165, 1.54) is 0 Å². The molecule has 0 atom stereocenters. The first-order chi connectivity index (χ1) is 4.81. The Bertz CT molecular complexity index is 60.6. The van der Waals surface area contributed by atoms with Gasteiger partial charge in [-0.1, -0.05) is 13.8 Å². The molecule has 0 radical (unpaired) electrons. The molecule has 0 spiro atoms. The van der Waals surface area contributed by atoms with Crippen molar-refractivity contribution in [1.29, 1.82) is 0 Å². The molecule has 0 fully saturated rings. The normalized spacial score (nSPS) is 10.8. The molecule has 2 N–H and O–H groups in total. The summed E-state index contributed by atoms with van der Waals surface area (Å²) in [6.07, 6.45) is 1.42. The quantitative estimate of drug-likeness (QED) is 0.572. The fourth-order valence-corrected chi connectivity index (χ4v) is 0.516. The van der Waals surface area contributed by atoms with E-state index in [2.05, 4.69) is 0 Å². The van der Waals surface area contributed by atoms with Gasteiger partial charge in [0.25, 0.3) is 0 Å². The molecule has 3 heteroatoms. The van der Waals surface area contributed by atoms with Crippen molar-refractivity contribution in [3.8, 4) is 0 Å². The molecule has 0 aliphatic heterocycles. The van der Waals surface area contributed by atoms with Crippen LogP contribution in [0.3, 0.4) is 0 Å². The minimum absolute atomic E-state index is 0.528. The third kappa shape index (κ3) is 6.01. The van der Waals surface area contributed by atoms with Crippen molar-refractivity contribution in [1.82, 2.24) is 0 Å². The van der Waals surface area contributed by atoms with Crippen LogP contribution in [0.1, 0.15) is 26.7 Å². The van der Waals surface area contributed by atoms with Crippen molar-refractivity contribution < 1.29 is 9.47 Å². The zero-order valence-electron chi connectivity index (χ0n) is 6.80. The van der Waals surface area contributed by atoms with Crippen molar-refractivity contribution in [2.45, 2.75) is 33.1 Å². The summed E-state index contributed by atoms with van der Waals surface area (Å²) in [5.41, 5.74) is 5.40. The number of nitrogens with two attached hydrogens (primary N) is 1. The summed E-state index contributed by atoms with van der Waals surface area (Å²) in [4.78, 5) is 0. The Labute approximate surface area is 62.5 Å². The second-order valence-corrected chi connectivity index (χ2v) is 2.11. The zero-order valence-corrected chi connectivity index (χ0v) is 6.80. The van der Waals surface area contributed by atoms with Gasteiger partial charge in [-0.15, -0.1) is 0 Å². The van der Waals surface area contributed by atoms with Gasteiger partial charge in [-0.3, -0.25) is 5.73 Å². The predicted octanol–water partition coefficient (Wildman–Crippen LogP) is 1.08. The van der Waals surface area contributed by atoms with E-state index < -0.39 is 6.41 Å². The number of ether oxygens (including phenoxy) is 2. The average Bonchev–Trinajstić information content (AvgIpc) is 1.97. The molecular formula is C7H17NO2. The average molecular weight is 147 g/mol. The van der Waals surface area contributed by atoms with Crippen molar-refractivity contribution in [3.05, 3.63) is 0 Å². The van der Waals surface area contributed by atoms with Crippen LogP contribution in [0.4, 0.5) is 0 Å². The van der Waals surface area contributed by atoms with Crippen LogP contribution in [0.2, 0.25) is 0 Å². The van der Waals surface area contributed by atoms with E-state index in [0.717, 1.165) is 12.8 Å². The lowest BCUT2D eigenvalue weighted by Crippen LogP contribution is -2.27. The van der Waals surface area contributed by atoms with E-state index in [4.69, 9.17) is 15.2 Å². The van der Waals surface area contributed by atoms with E-state index in [0.29, 0.717) is 13.2 Å². The van der Waals surface area contributed by atoms with Crippen molar-refractivity contribution in [2.24, 2.45) is 5.73 Å². The maximum atomic E-state index is 5.40. The minimum Gasteiger partial charge on any atom is -0.340 e.